The first-order valence-electron chi connectivity index (χ1n) is 30.9. The molecule has 0 aliphatic carbocycles. The lowest BCUT2D eigenvalue weighted by molar-refractivity contribution is 0.143. The molecule has 0 aliphatic heterocycles. The van der Waals surface area contributed by atoms with E-state index in [9.17, 15) is 24.0 Å². The third kappa shape index (κ3) is 63.0. The normalized spacial score (nSPS) is 8.16. The van der Waals surface area contributed by atoms with Crippen molar-refractivity contribution in [3.63, 3.8) is 0 Å². The Morgan fingerprint density at radius 2 is 0.527 bits per heavy atom. The molecule has 466 valence electrons. The summed E-state index contributed by atoms with van der Waals surface area (Å²) in [5.41, 5.74) is 0. The highest BCUT2D eigenvalue weighted by atomic mass is 16.6. The van der Waals surface area contributed by atoms with Crippen molar-refractivity contribution < 1.29 is 38.2 Å². The standard InChI is InChI=1S/C77H80N6O8/c1-4-7-10-13-16-19-22-25-28-31-34-37-40-43-52-61-70-89-75(86)80-66-57-48-46-55-64-78-73(84)83(69-60-51-50-59-68-82-77(88)91-72-63-54-45-42-39-36-33-30-27-24-21-18-15-12-9-6-3)74(85)79-65-56-47-49-58-67-81-76(87)90-71-62-53-44-41-38-35-32-29-26-23-20-17-14-11-8-5-2/h1-2H,6,9,12,15,18,21,24,27,30,33,36,39,42,45-51,54-60,63-69,72H2,3H3,(H,78,84)(H,79,85)(H,80,86)(H,81,87)(H,82,88). The number of hydrogen-bond acceptors (Lipinski definition) is 8. The summed E-state index contributed by atoms with van der Waals surface area (Å²) < 4.78 is 15.0. The van der Waals surface area contributed by atoms with E-state index in [4.69, 9.17) is 27.1 Å². The van der Waals surface area contributed by atoms with Crippen LogP contribution in [0.1, 0.15) is 187 Å². The summed E-state index contributed by atoms with van der Waals surface area (Å²) in [5.74, 6) is 77.7. The average Bonchev–Trinajstić information content (AvgIpc) is 3.52. The number of nitrogens with one attached hydrogen (secondary N) is 5. The summed E-state index contributed by atoms with van der Waals surface area (Å²) in [6.45, 7) is 4.78. The lowest BCUT2D eigenvalue weighted by Gasteiger charge is -2.22. The van der Waals surface area contributed by atoms with Crippen LogP contribution in [-0.2, 0) is 14.2 Å². The van der Waals surface area contributed by atoms with Crippen molar-refractivity contribution in [2.45, 2.75) is 187 Å². The lowest BCUT2D eigenvalue weighted by Crippen LogP contribution is -2.49. The van der Waals surface area contributed by atoms with E-state index in [1.165, 1.54) is 88.4 Å². The van der Waals surface area contributed by atoms with Gasteiger partial charge in [-0.15, -0.1) is 12.8 Å². The molecule has 91 heavy (non-hydrogen) atoms. The number of rotatable bonds is 38. The summed E-state index contributed by atoms with van der Waals surface area (Å²) >= 11 is 0. The number of terminal acetylenes is 2. The molecule has 0 atom stereocenters. The predicted molar refractivity (Wildman–Crippen MR) is 359 cm³/mol. The van der Waals surface area contributed by atoms with Crippen molar-refractivity contribution >= 4 is 30.3 Å². The van der Waals surface area contributed by atoms with Crippen LogP contribution in [-0.4, -0.2) is 81.1 Å². The number of imide groups is 1. The molecule has 0 fully saturated rings. The molecule has 0 heterocycles. The van der Waals surface area contributed by atoms with Crippen LogP contribution in [0.3, 0.4) is 0 Å². The molecule has 0 aromatic heterocycles. The molecule has 14 heteroatoms. The predicted octanol–water partition coefficient (Wildman–Crippen LogP) is 10.1. The van der Waals surface area contributed by atoms with Crippen LogP contribution in [0.25, 0.3) is 0 Å². The molecule has 0 aliphatic rings. The second-order valence-corrected chi connectivity index (χ2v) is 19.1. The molecule has 0 spiro atoms. The minimum atomic E-state index is -0.715. The Hall–Kier alpha value is -11.4. The maximum atomic E-state index is 13.3. The zero-order valence-corrected chi connectivity index (χ0v) is 52.6. The number of ether oxygens (including phenoxy) is 3. The fourth-order valence-electron chi connectivity index (χ4n) is 7.42. The van der Waals surface area contributed by atoms with Gasteiger partial charge in [0, 0.05) is 134 Å². The van der Waals surface area contributed by atoms with Crippen molar-refractivity contribution in [3.05, 3.63) is 0 Å². The van der Waals surface area contributed by atoms with Gasteiger partial charge in [-0.3, -0.25) is 0 Å². The number of alkyl carbamates (subject to hydrolysis) is 3. The minimum Gasteiger partial charge on any atom is -0.450 e. The Kier molecular flexibility index (Phi) is 59.3. The molecule has 5 N–H and O–H groups in total. The minimum absolute atomic E-state index is 0.214. The number of carbonyl (C=O) groups excluding carboxylic acids is 5. The Labute approximate surface area is 544 Å². The Balaban J connectivity index is 4.77. The van der Waals surface area contributed by atoms with Crippen LogP contribution in [0, 0.1) is 215 Å². The maximum absolute atomic E-state index is 13.3. The number of urea groups is 2. The van der Waals surface area contributed by atoms with Gasteiger partial charge in [0.2, 0.25) is 0 Å². The van der Waals surface area contributed by atoms with Crippen molar-refractivity contribution in [2.24, 2.45) is 0 Å². The SMILES string of the molecule is C#CC#CC#CC#CC#CC#CC#CC#CC#COC(=O)NCCCCCCNC(=O)N(CCCCCCNC(=O)OCCCCCCCCCCCCCCCCCC)C(=O)NCCCCCCNC(=O)OC#CC#CC#CC#CC#CC#CC#CC#CC#C. The third-order valence-corrected chi connectivity index (χ3v) is 11.9. The van der Waals surface area contributed by atoms with Gasteiger partial charge in [0.05, 0.1) is 6.61 Å². The topological polar surface area (TPSA) is 176 Å². The van der Waals surface area contributed by atoms with E-state index < -0.39 is 30.3 Å². The van der Waals surface area contributed by atoms with E-state index in [2.05, 4.69) is 235 Å². The molecule has 0 aromatic rings. The average molecular weight is 1220 g/mol. The van der Waals surface area contributed by atoms with Crippen molar-refractivity contribution in [3.8, 4) is 215 Å². The van der Waals surface area contributed by atoms with Crippen molar-refractivity contribution in [2.75, 3.05) is 45.9 Å². The second kappa shape index (κ2) is 67.8. The van der Waals surface area contributed by atoms with Gasteiger partial charge in [-0.2, -0.15) is 0 Å². The van der Waals surface area contributed by atoms with Crippen LogP contribution in [0.2, 0.25) is 0 Å². The summed E-state index contributed by atoms with van der Waals surface area (Å²) in [6.07, 6.45) is 41.6. The maximum Gasteiger partial charge on any atom is 0.421 e. The zero-order valence-electron chi connectivity index (χ0n) is 52.6. The highest BCUT2D eigenvalue weighted by molar-refractivity contribution is 5.93. The molecule has 14 nitrogen and oxygen atoms in total. The van der Waals surface area contributed by atoms with Gasteiger partial charge in [-0.25, -0.2) is 28.9 Å². The fourth-order valence-corrected chi connectivity index (χ4v) is 7.42. The number of amides is 7. The van der Waals surface area contributed by atoms with Crippen molar-refractivity contribution in [1.82, 2.24) is 31.5 Å². The third-order valence-electron chi connectivity index (χ3n) is 11.9. The highest BCUT2D eigenvalue weighted by Crippen LogP contribution is 2.14. The fraction of sp³-hybridized carbons (Fsp3) is 0.468. The number of unbranched alkanes of at least 4 members (excludes halogenated alkanes) is 24. The first-order chi connectivity index (χ1) is 44.8. The molecular formula is C77H80N6O8. The van der Waals surface area contributed by atoms with E-state index in [1.807, 2.05) is 0 Å². The number of carbonyl (C=O) groups is 5. The molecular weight excluding hydrogens is 1140 g/mol. The largest absolute Gasteiger partial charge is 0.450 e. The van der Waals surface area contributed by atoms with Crippen LogP contribution in [0.4, 0.5) is 24.0 Å². The van der Waals surface area contributed by atoms with Gasteiger partial charge in [0.25, 0.3) is 0 Å². The number of hydrogen-bond donors (Lipinski definition) is 5. The van der Waals surface area contributed by atoms with E-state index >= 15 is 0 Å². The molecule has 0 unspecified atom stereocenters. The summed E-state index contributed by atoms with van der Waals surface area (Å²) in [7, 11) is 0. The number of nitrogens with zero attached hydrogens (tertiary/aromatic N) is 1. The van der Waals surface area contributed by atoms with Crippen LogP contribution < -0.4 is 26.6 Å². The van der Waals surface area contributed by atoms with Gasteiger partial charge in [-0.1, -0.05) is 142 Å². The van der Waals surface area contributed by atoms with E-state index in [1.54, 1.807) is 0 Å². The van der Waals surface area contributed by atoms with Crippen molar-refractivity contribution in [1.29, 1.82) is 0 Å². The smallest absolute Gasteiger partial charge is 0.421 e. The Morgan fingerprint density at radius 1 is 0.286 bits per heavy atom. The van der Waals surface area contributed by atoms with Gasteiger partial charge in [-0.05, 0) is 140 Å². The van der Waals surface area contributed by atoms with E-state index in [-0.39, 0.29) is 6.54 Å². The van der Waals surface area contributed by atoms with Gasteiger partial charge in [0.15, 0.2) is 0 Å². The first-order valence-corrected chi connectivity index (χ1v) is 30.9. The Morgan fingerprint density at radius 3 is 0.835 bits per heavy atom. The zero-order chi connectivity index (χ0) is 65.9. The van der Waals surface area contributed by atoms with Gasteiger partial charge < -0.3 is 40.8 Å². The molecule has 0 saturated heterocycles. The molecule has 0 bridgehead atoms. The molecule has 0 aromatic carbocycles. The summed E-state index contributed by atoms with van der Waals surface area (Å²) in [5, 5.41) is 13.8. The van der Waals surface area contributed by atoms with Crippen LogP contribution >= 0.6 is 0 Å². The van der Waals surface area contributed by atoms with Crippen LogP contribution in [0.5, 0.6) is 0 Å². The van der Waals surface area contributed by atoms with Crippen LogP contribution in [0.15, 0.2) is 0 Å². The molecule has 0 radical (unpaired) electrons. The van der Waals surface area contributed by atoms with Gasteiger partial charge in [0.1, 0.15) is 12.2 Å². The molecule has 0 saturated carbocycles. The molecule has 0 rings (SSSR count). The Bertz CT molecular complexity index is 3250. The lowest BCUT2D eigenvalue weighted by atomic mass is 10.0. The first kappa shape index (κ1) is 79.6. The van der Waals surface area contributed by atoms with E-state index in [0.717, 1.165) is 64.2 Å². The van der Waals surface area contributed by atoms with Gasteiger partial charge >= 0.3 is 30.3 Å². The highest BCUT2D eigenvalue weighted by Gasteiger charge is 2.20. The molecule has 7 amide bonds. The second-order valence-electron chi connectivity index (χ2n) is 19.1. The monoisotopic (exact) mass is 1220 g/mol. The summed E-state index contributed by atoms with van der Waals surface area (Å²) in [4.78, 5) is 64.0. The van der Waals surface area contributed by atoms with E-state index in [0.29, 0.717) is 71.4 Å². The summed E-state index contributed by atoms with van der Waals surface area (Å²) in [6, 6.07) is -0.986. The quantitative estimate of drug-likeness (QED) is 0.0231.